The Bertz CT molecular complexity index is 534. The van der Waals surface area contributed by atoms with Crippen molar-refractivity contribution in [3.63, 3.8) is 0 Å². The van der Waals surface area contributed by atoms with Crippen LogP contribution in [0.1, 0.15) is 18.4 Å². The lowest BCUT2D eigenvalue weighted by molar-refractivity contribution is -0.137. The van der Waals surface area contributed by atoms with Crippen molar-refractivity contribution in [2.75, 3.05) is 26.8 Å². The first-order valence-corrected chi connectivity index (χ1v) is 7.39. The molecule has 2 aliphatic rings. The topological polar surface area (TPSA) is 38.8 Å². The van der Waals surface area contributed by atoms with E-state index in [9.17, 15) is 9.18 Å². The first-order valence-electron chi connectivity index (χ1n) is 7.39. The minimum absolute atomic E-state index is 0.0478. The number of hydrogen-bond donors (Lipinski definition) is 0. The van der Waals surface area contributed by atoms with Crippen molar-refractivity contribution < 1.29 is 18.7 Å². The van der Waals surface area contributed by atoms with Gasteiger partial charge >= 0.3 is 0 Å². The molecule has 2 saturated heterocycles. The van der Waals surface area contributed by atoms with Crippen LogP contribution in [0, 0.1) is 5.82 Å². The van der Waals surface area contributed by atoms with Crippen molar-refractivity contribution in [2.24, 2.45) is 0 Å². The van der Waals surface area contributed by atoms with E-state index < -0.39 is 11.9 Å². The molecule has 0 amide bonds. The third-order valence-electron chi connectivity index (χ3n) is 4.38. The zero-order valence-electron chi connectivity index (χ0n) is 12.2. The van der Waals surface area contributed by atoms with Gasteiger partial charge in [0.1, 0.15) is 6.10 Å². The minimum atomic E-state index is -0.455. The Morgan fingerprint density at radius 2 is 2.38 bits per heavy atom. The average Bonchev–Trinajstić information content (AvgIpc) is 2.96. The summed E-state index contributed by atoms with van der Waals surface area (Å²) < 4.78 is 24.7. The van der Waals surface area contributed by atoms with Gasteiger partial charge in [-0.3, -0.25) is 9.69 Å². The fourth-order valence-corrected chi connectivity index (χ4v) is 3.16. The van der Waals surface area contributed by atoms with Gasteiger partial charge in [-0.1, -0.05) is 12.1 Å². The van der Waals surface area contributed by atoms with Gasteiger partial charge in [0.05, 0.1) is 13.7 Å². The molecule has 0 N–H and O–H groups in total. The molecule has 21 heavy (non-hydrogen) atoms. The first-order chi connectivity index (χ1) is 10.2. The average molecular weight is 293 g/mol. The highest BCUT2D eigenvalue weighted by Gasteiger charge is 2.35. The van der Waals surface area contributed by atoms with Gasteiger partial charge in [0.2, 0.25) is 0 Å². The molecule has 0 bridgehead atoms. The lowest BCUT2D eigenvalue weighted by atomic mass is 10.0. The van der Waals surface area contributed by atoms with E-state index in [-0.39, 0.29) is 18.0 Å². The maximum Gasteiger partial charge on any atom is 0.168 e. The van der Waals surface area contributed by atoms with Gasteiger partial charge in [-0.15, -0.1) is 0 Å². The lowest BCUT2D eigenvalue weighted by Gasteiger charge is -2.34. The van der Waals surface area contributed by atoms with Crippen LogP contribution in [-0.2, 0) is 16.0 Å². The number of morpholine rings is 1. The van der Waals surface area contributed by atoms with Crippen molar-refractivity contribution >= 4 is 5.78 Å². The summed E-state index contributed by atoms with van der Waals surface area (Å²) in [7, 11) is 1.42. The second kappa shape index (κ2) is 6.12. The summed E-state index contributed by atoms with van der Waals surface area (Å²) in [5, 5.41) is 0. The summed E-state index contributed by atoms with van der Waals surface area (Å²) in [5.41, 5.74) is 0.367. The molecule has 2 fully saturated rings. The van der Waals surface area contributed by atoms with Crippen molar-refractivity contribution in [1.29, 1.82) is 0 Å². The molecule has 2 unspecified atom stereocenters. The molecule has 0 saturated carbocycles. The number of Topliss-reactive ketones (excluding diaryl/α,β-unsaturated/α-hetero) is 1. The molecule has 114 valence electrons. The number of carbonyl (C=O) groups excluding carboxylic acids is 1. The number of fused-ring (bicyclic) bond motifs is 1. The van der Waals surface area contributed by atoms with Gasteiger partial charge < -0.3 is 9.47 Å². The molecule has 1 aromatic carbocycles. The molecule has 2 aliphatic heterocycles. The number of hydrogen-bond acceptors (Lipinski definition) is 4. The van der Waals surface area contributed by atoms with E-state index in [1.807, 2.05) is 0 Å². The number of benzene rings is 1. The van der Waals surface area contributed by atoms with E-state index in [4.69, 9.17) is 9.47 Å². The smallest absolute Gasteiger partial charge is 0.168 e. The summed E-state index contributed by atoms with van der Waals surface area (Å²) in [6.45, 7) is 2.28. The van der Waals surface area contributed by atoms with Crippen molar-refractivity contribution in [1.82, 2.24) is 4.90 Å². The molecular formula is C16H20FNO3. The van der Waals surface area contributed by atoms with Crippen LogP contribution in [0.5, 0.6) is 5.75 Å². The number of nitrogens with zero attached hydrogens (tertiary/aromatic N) is 1. The number of methoxy groups -OCH3 is 1. The number of carbonyl (C=O) groups is 1. The van der Waals surface area contributed by atoms with Gasteiger partial charge in [-0.25, -0.2) is 4.39 Å². The molecule has 2 atom stereocenters. The maximum absolute atomic E-state index is 14.1. The van der Waals surface area contributed by atoms with Crippen LogP contribution >= 0.6 is 0 Å². The standard InChI is InChI=1S/C16H20FNO3/c1-20-14-6-2-4-11(16(14)17)8-13(19)15-9-18-7-3-5-12(18)10-21-15/h2,4,6,12,15H,3,5,7-10H2,1H3. The second-order valence-electron chi connectivity index (χ2n) is 5.69. The van der Waals surface area contributed by atoms with Crippen molar-refractivity contribution in [3.05, 3.63) is 29.6 Å². The Morgan fingerprint density at radius 1 is 1.52 bits per heavy atom. The predicted molar refractivity (Wildman–Crippen MR) is 76.0 cm³/mol. The molecule has 4 nitrogen and oxygen atoms in total. The molecule has 0 aromatic heterocycles. The Morgan fingerprint density at radius 3 is 3.19 bits per heavy atom. The van der Waals surface area contributed by atoms with E-state index in [2.05, 4.69) is 4.90 Å². The van der Waals surface area contributed by atoms with E-state index in [0.29, 0.717) is 24.8 Å². The van der Waals surface area contributed by atoms with Crippen LogP contribution in [-0.4, -0.2) is 49.6 Å². The van der Waals surface area contributed by atoms with Crippen LogP contribution in [0.2, 0.25) is 0 Å². The van der Waals surface area contributed by atoms with Crippen molar-refractivity contribution in [2.45, 2.75) is 31.4 Å². The minimum Gasteiger partial charge on any atom is -0.494 e. The van der Waals surface area contributed by atoms with E-state index >= 15 is 0 Å². The number of ketones is 1. The zero-order valence-corrected chi connectivity index (χ0v) is 12.2. The molecule has 5 heteroatoms. The molecule has 2 heterocycles. The van der Waals surface area contributed by atoms with Crippen molar-refractivity contribution in [3.8, 4) is 5.75 Å². The van der Waals surface area contributed by atoms with Gasteiger partial charge in [0, 0.05) is 19.0 Å². The summed E-state index contributed by atoms with van der Waals surface area (Å²) in [6.07, 6.45) is 1.92. The maximum atomic E-state index is 14.1. The van der Waals surface area contributed by atoms with E-state index in [1.54, 1.807) is 18.2 Å². The summed E-state index contributed by atoms with van der Waals surface area (Å²) in [4.78, 5) is 14.7. The Kier molecular flexibility index (Phi) is 4.22. The van der Waals surface area contributed by atoms with E-state index in [1.165, 1.54) is 13.5 Å². The van der Waals surface area contributed by atoms with Crippen LogP contribution in [0.4, 0.5) is 4.39 Å². The first kappa shape index (κ1) is 14.5. The van der Waals surface area contributed by atoms with Gasteiger partial charge in [-0.2, -0.15) is 0 Å². The molecule has 0 radical (unpaired) electrons. The molecule has 0 spiro atoms. The van der Waals surface area contributed by atoms with Crippen LogP contribution in [0.25, 0.3) is 0 Å². The zero-order chi connectivity index (χ0) is 14.8. The number of halogens is 1. The molecule has 1 aromatic rings. The monoisotopic (exact) mass is 293 g/mol. The highest BCUT2D eigenvalue weighted by molar-refractivity contribution is 5.85. The highest BCUT2D eigenvalue weighted by atomic mass is 19.1. The van der Waals surface area contributed by atoms with Gasteiger partial charge in [-0.05, 0) is 31.0 Å². The van der Waals surface area contributed by atoms with Crippen LogP contribution in [0.3, 0.4) is 0 Å². The SMILES string of the molecule is COc1cccc(CC(=O)C2CN3CCCC3CO2)c1F. The normalized spacial score (nSPS) is 25.6. The van der Waals surface area contributed by atoms with Gasteiger partial charge in [0.25, 0.3) is 0 Å². The molecular weight excluding hydrogens is 273 g/mol. The third-order valence-corrected chi connectivity index (χ3v) is 4.38. The Balaban J connectivity index is 1.66. The highest BCUT2D eigenvalue weighted by Crippen LogP contribution is 2.25. The third kappa shape index (κ3) is 2.94. The number of ether oxygens (including phenoxy) is 2. The fourth-order valence-electron chi connectivity index (χ4n) is 3.16. The summed E-state index contributed by atoms with van der Waals surface area (Å²) in [5.74, 6) is -0.347. The van der Waals surface area contributed by atoms with Crippen LogP contribution in [0.15, 0.2) is 18.2 Å². The molecule has 3 rings (SSSR count). The quantitative estimate of drug-likeness (QED) is 0.848. The summed E-state index contributed by atoms with van der Waals surface area (Å²) >= 11 is 0. The largest absolute Gasteiger partial charge is 0.494 e. The van der Waals surface area contributed by atoms with Gasteiger partial charge in [0.15, 0.2) is 17.3 Å². The predicted octanol–water partition coefficient (Wildman–Crippen LogP) is 1.81. The van der Waals surface area contributed by atoms with Crippen LogP contribution < -0.4 is 4.74 Å². The molecule has 0 aliphatic carbocycles. The fraction of sp³-hybridized carbons (Fsp3) is 0.562. The lowest BCUT2D eigenvalue weighted by Crippen LogP contribution is -2.49. The Labute approximate surface area is 123 Å². The van der Waals surface area contributed by atoms with E-state index in [0.717, 1.165) is 13.0 Å². The Hall–Kier alpha value is -1.46. The number of rotatable bonds is 4. The summed E-state index contributed by atoms with van der Waals surface area (Å²) in [6, 6.07) is 5.33. The second-order valence-corrected chi connectivity index (χ2v) is 5.69.